The number of hydrogen-bond donors (Lipinski definition) is 0. The lowest BCUT2D eigenvalue weighted by atomic mass is 10.3. The van der Waals surface area contributed by atoms with Crippen molar-refractivity contribution in [2.24, 2.45) is 0 Å². The van der Waals surface area contributed by atoms with Gasteiger partial charge in [-0.1, -0.05) is 0 Å². The Kier molecular flexibility index (Phi) is 1.08. The van der Waals surface area contributed by atoms with E-state index in [9.17, 15) is 4.39 Å². The Bertz CT molecular complexity index is 37.2. The van der Waals surface area contributed by atoms with E-state index in [1.54, 1.807) is 0 Å². The molecule has 6 heavy (non-hydrogen) atoms. The fourth-order valence-corrected chi connectivity index (χ4v) is 0.642. The van der Waals surface area contributed by atoms with Crippen molar-refractivity contribution >= 4 is 0 Å². The highest BCUT2D eigenvalue weighted by Gasteiger charge is 2.12. The Balaban J connectivity index is 2.18. The van der Waals surface area contributed by atoms with Crippen LogP contribution in [0.4, 0.5) is 4.39 Å². The molecule has 1 aliphatic rings. The lowest BCUT2D eigenvalue weighted by Crippen LogP contribution is -1.86. The number of halogens is 1. The van der Waals surface area contributed by atoms with E-state index in [-0.39, 0.29) is 0 Å². The second-order valence-electron chi connectivity index (χ2n) is 1.56. The minimum atomic E-state index is -0.704. The van der Waals surface area contributed by atoms with Crippen LogP contribution >= 0.6 is 0 Å². The third-order valence-electron chi connectivity index (χ3n) is 1.00. The molecule has 1 aliphatic carbocycles. The van der Waals surface area contributed by atoms with Gasteiger partial charge in [-0.05, 0) is 19.3 Å². The highest BCUT2D eigenvalue weighted by Crippen LogP contribution is 2.18. The molecule has 1 atom stereocenters. The Hall–Kier alpha value is -0.0700. The summed E-state index contributed by atoms with van der Waals surface area (Å²) in [6.07, 6.45) is 4.52. The first-order valence-corrected chi connectivity index (χ1v) is 2.27. The van der Waals surface area contributed by atoms with Crippen LogP contribution in [-0.2, 0) is 0 Å². The smallest absolute Gasteiger partial charge is 0.107 e. The van der Waals surface area contributed by atoms with Crippen molar-refractivity contribution < 1.29 is 4.39 Å². The first-order chi connectivity index (χ1) is 2.89. The number of rotatable bonds is 0. The minimum Gasteiger partial charge on any atom is -0.247 e. The molecule has 1 saturated carbocycles. The van der Waals surface area contributed by atoms with Crippen molar-refractivity contribution in [3.05, 3.63) is 6.42 Å². The average Bonchev–Trinajstić information content (AvgIpc) is 1.86. The Morgan fingerprint density at radius 2 is 2.50 bits per heavy atom. The molecule has 1 heteroatoms. The van der Waals surface area contributed by atoms with Gasteiger partial charge in [-0.15, -0.1) is 0 Å². The summed E-state index contributed by atoms with van der Waals surface area (Å²) in [5, 5.41) is 0. The van der Waals surface area contributed by atoms with E-state index in [4.69, 9.17) is 0 Å². The SMILES string of the molecule is FC1[C]CCC1. The summed E-state index contributed by atoms with van der Waals surface area (Å²) in [5.74, 6) is 0. The molecule has 34 valence electrons. The molecule has 0 aromatic carbocycles. The van der Waals surface area contributed by atoms with Crippen LogP contribution < -0.4 is 0 Å². The maximum Gasteiger partial charge on any atom is 0.107 e. The van der Waals surface area contributed by atoms with Crippen LogP contribution in [-0.4, -0.2) is 6.17 Å². The molecule has 1 rings (SSSR count). The van der Waals surface area contributed by atoms with Gasteiger partial charge >= 0.3 is 0 Å². The highest BCUT2D eigenvalue weighted by molar-refractivity contribution is 4.82. The van der Waals surface area contributed by atoms with E-state index in [0.717, 1.165) is 12.8 Å². The highest BCUT2D eigenvalue weighted by atomic mass is 19.1. The van der Waals surface area contributed by atoms with Gasteiger partial charge in [-0.2, -0.15) is 0 Å². The fraction of sp³-hybridized carbons (Fsp3) is 0.800. The predicted molar refractivity (Wildman–Crippen MR) is 22.0 cm³/mol. The maximum atomic E-state index is 11.8. The van der Waals surface area contributed by atoms with Crippen molar-refractivity contribution in [2.45, 2.75) is 25.4 Å². The van der Waals surface area contributed by atoms with Crippen molar-refractivity contribution in [3.8, 4) is 0 Å². The number of hydrogen-bond acceptors (Lipinski definition) is 0. The third kappa shape index (κ3) is 0.703. The van der Waals surface area contributed by atoms with Crippen LogP contribution in [0.3, 0.4) is 0 Å². The lowest BCUT2D eigenvalue weighted by Gasteiger charge is -1.85. The van der Waals surface area contributed by atoms with Gasteiger partial charge in [0.2, 0.25) is 0 Å². The Labute approximate surface area is 37.4 Å². The standard InChI is InChI=1S/C5H7F/c6-5-3-1-2-4-5/h5H,1-3H2. The lowest BCUT2D eigenvalue weighted by molar-refractivity contribution is 0.386. The summed E-state index contributed by atoms with van der Waals surface area (Å²) in [6.45, 7) is 0. The van der Waals surface area contributed by atoms with E-state index < -0.39 is 6.17 Å². The van der Waals surface area contributed by atoms with Crippen molar-refractivity contribution in [2.75, 3.05) is 0 Å². The molecule has 1 unspecified atom stereocenters. The van der Waals surface area contributed by atoms with Crippen molar-refractivity contribution in [1.82, 2.24) is 0 Å². The summed E-state index contributed by atoms with van der Waals surface area (Å²) in [6, 6.07) is 0. The quantitative estimate of drug-likeness (QED) is 0.420. The van der Waals surface area contributed by atoms with Gasteiger partial charge in [-0.25, -0.2) is 4.39 Å². The van der Waals surface area contributed by atoms with E-state index >= 15 is 0 Å². The van der Waals surface area contributed by atoms with Gasteiger partial charge in [0.05, 0.1) is 0 Å². The third-order valence-corrected chi connectivity index (χ3v) is 1.00. The molecule has 0 heterocycles. The zero-order valence-corrected chi connectivity index (χ0v) is 3.58. The zero-order chi connectivity index (χ0) is 4.41. The molecule has 0 aromatic heterocycles. The summed E-state index contributed by atoms with van der Waals surface area (Å²) in [5.41, 5.74) is 0. The summed E-state index contributed by atoms with van der Waals surface area (Å²) >= 11 is 0. The molecule has 0 N–H and O–H groups in total. The van der Waals surface area contributed by atoms with Crippen molar-refractivity contribution in [1.29, 1.82) is 0 Å². The van der Waals surface area contributed by atoms with E-state index in [0.29, 0.717) is 6.42 Å². The molecule has 2 radical (unpaired) electrons. The van der Waals surface area contributed by atoms with Gasteiger partial charge in [0.15, 0.2) is 0 Å². The average molecular weight is 86.1 g/mol. The monoisotopic (exact) mass is 86.1 g/mol. The fourth-order valence-electron chi connectivity index (χ4n) is 0.642. The van der Waals surface area contributed by atoms with Gasteiger partial charge < -0.3 is 0 Å². The van der Waals surface area contributed by atoms with Crippen LogP contribution in [0.5, 0.6) is 0 Å². The molecule has 0 aromatic rings. The second kappa shape index (κ2) is 1.59. The largest absolute Gasteiger partial charge is 0.247 e. The van der Waals surface area contributed by atoms with Crippen LogP contribution in [0.25, 0.3) is 0 Å². The van der Waals surface area contributed by atoms with Gasteiger partial charge in [0.1, 0.15) is 6.17 Å². The van der Waals surface area contributed by atoms with Gasteiger partial charge in [-0.3, -0.25) is 0 Å². The van der Waals surface area contributed by atoms with Crippen LogP contribution in [0.15, 0.2) is 0 Å². The topological polar surface area (TPSA) is 0 Å². The van der Waals surface area contributed by atoms with E-state index in [1.807, 2.05) is 0 Å². The van der Waals surface area contributed by atoms with E-state index in [1.165, 1.54) is 0 Å². The van der Waals surface area contributed by atoms with Gasteiger partial charge in [0, 0.05) is 6.42 Å². The summed E-state index contributed by atoms with van der Waals surface area (Å²) in [4.78, 5) is 0. The molecule has 0 saturated heterocycles. The van der Waals surface area contributed by atoms with E-state index in [2.05, 4.69) is 6.42 Å². The first kappa shape index (κ1) is 4.10. The molecule has 0 nitrogen and oxygen atoms in total. The zero-order valence-electron chi connectivity index (χ0n) is 3.58. The van der Waals surface area contributed by atoms with Crippen LogP contribution in [0.2, 0.25) is 0 Å². The normalized spacial score (nSPS) is 25.5. The maximum absolute atomic E-state index is 11.8. The second-order valence-corrected chi connectivity index (χ2v) is 1.56. The molecule has 0 amide bonds. The molecular formula is C5H7F. The molecule has 0 spiro atoms. The first-order valence-electron chi connectivity index (χ1n) is 2.27. The Morgan fingerprint density at radius 3 is 2.67 bits per heavy atom. The molecule has 1 fully saturated rings. The molecular weight excluding hydrogens is 79.1 g/mol. The van der Waals surface area contributed by atoms with Gasteiger partial charge in [0.25, 0.3) is 0 Å². The Morgan fingerprint density at radius 1 is 1.67 bits per heavy atom. The summed E-state index contributed by atoms with van der Waals surface area (Å²) in [7, 11) is 0. The number of alkyl halides is 1. The molecule has 0 bridgehead atoms. The summed E-state index contributed by atoms with van der Waals surface area (Å²) < 4.78 is 11.8. The van der Waals surface area contributed by atoms with Crippen LogP contribution in [0, 0.1) is 6.42 Å². The predicted octanol–water partition coefficient (Wildman–Crippen LogP) is 1.59. The minimum absolute atomic E-state index is 0.704. The molecule has 0 aliphatic heterocycles. The van der Waals surface area contributed by atoms with Crippen LogP contribution in [0.1, 0.15) is 19.3 Å². The van der Waals surface area contributed by atoms with Crippen molar-refractivity contribution in [3.63, 3.8) is 0 Å².